The van der Waals surface area contributed by atoms with E-state index in [-0.39, 0.29) is 28.7 Å². The molecule has 9 heteroatoms. The van der Waals surface area contributed by atoms with Crippen LogP contribution in [0.5, 0.6) is 0 Å². The highest BCUT2D eigenvalue weighted by Gasteiger charge is 2.25. The third-order valence-electron chi connectivity index (χ3n) is 4.40. The van der Waals surface area contributed by atoms with Crippen molar-refractivity contribution in [3.8, 4) is 40.0 Å². The molecule has 3 heterocycles. The fourth-order valence-corrected chi connectivity index (χ4v) is 3.02. The minimum Gasteiger partial charge on any atom is -0.332 e. The Morgan fingerprint density at radius 3 is 2.37 bits per heavy atom. The van der Waals surface area contributed by atoms with Crippen molar-refractivity contribution in [2.45, 2.75) is 0 Å². The highest BCUT2D eigenvalue weighted by molar-refractivity contribution is 5.74. The fourth-order valence-electron chi connectivity index (χ4n) is 3.02. The van der Waals surface area contributed by atoms with E-state index >= 15 is 0 Å². The van der Waals surface area contributed by atoms with Gasteiger partial charge in [0.05, 0.1) is 11.3 Å². The fraction of sp³-hybridized carbons (Fsp3) is 0. The van der Waals surface area contributed by atoms with Gasteiger partial charge in [-0.15, -0.1) is 5.10 Å². The summed E-state index contributed by atoms with van der Waals surface area (Å²) in [4.78, 5) is 8.60. The summed E-state index contributed by atoms with van der Waals surface area (Å²) in [5.74, 6) is -0.888. The Bertz CT molecular complexity index is 1330. The second-order valence-electron chi connectivity index (χ2n) is 6.27. The highest BCUT2D eigenvalue weighted by atomic mass is 19.1. The Kier molecular flexibility index (Phi) is 4.32. The van der Waals surface area contributed by atoms with E-state index < -0.39 is 11.6 Å². The maximum Gasteiger partial charge on any atom is 0.281 e. The summed E-state index contributed by atoms with van der Waals surface area (Å²) in [7, 11) is 0. The molecule has 0 aliphatic heterocycles. The maximum atomic E-state index is 14.5. The van der Waals surface area contributed by atoms with Gasteiger partial charge in [0.15, 0.2) is 5.69 Å². The van der Waals surface area contributed by atoms with Gasteiger partial charge < -0.3 is 4.52 Å². The molecule has 0 fully saturated rings. The summed E-state index contributed by atoms with van der Waals surface area (Å²) in [5.41, 5.74) is 1.42. The van der Waals surface area contributed by atoms with Gasteiger partial charge in [-0.1, -0.05) is 40.7 Å². The van der Waals surface area contributed by atoms with E-state index in [1.165, 1.54) is 16.8 Å². The molecule has 146 valence electrons. The number of hydrogen-bond donors (Lipinski definition) is 0. The van der Waals surface area contributed by atoms with Gasteiger partial charge >= 0.3 is 0 Å². The SMILES string of the molecule is Fc1ccccc1-c1noc(-c2nnn(-c3ccccc3F)c2-c2ccccn2)n1. The second-order valence-corrected chi connectivity index (χ2v) is 6.27. The number of nitrogens with zero attached hydrogens (tertiary/aromatic N) is 6. The van der Waals surface area contributed by atoms with Gasteiger partial charge in [0.1, 0.15) is 23.0 Å². The predicted octanol–water partition coefficient (Wildman–Crippen LogP) is 4.32. The van der Waals surface area contributed by atoms with Crippen molar-refractivity contribution in [2.24, 2.45) is 0 Å². The minimum absolute atomic E-state index is 0.0106. The van der Waals surface area contributed by atoms with Crippen LogP contribution in [0.15, 0.2) is 77.4 Å². The predicted molar refractivity (Wildman–Crippen MR) is 103 cm³/mol. The van der Waals surface area contributed by atoms with E-state index in [0.29, 0.717) is 11.4 Å². The average Bonchev–Trinajstić information content (AvgIpc) is 3.42. The van der Waals surface area contributed by atoms with Gasteiger partial charge in [-0.2, -0.15) is 4.98 Å². The molecule has 0 unspecified atom stereocenters. The van der Waals surface area contributed by atoms with Gasteiger partial charge in [-0.05, 0) is 36.4 Å². The number of hydrogen-bond acceptors (Lipinski definition) is 6. The summed E-state index contributed by atoms with van der Waals surface area (Å²) in [5, 5.41) is 12.1. The van der Waals surface area contributed by atoms with Crippen LogP contribution < -0.4 is 0 Å². The largest absolute Gasteiger partial charge is 0.332 e. The van der Waals surface area contributed by atoms with E-state index in [9.17, 15) is 8.78 Å². The lowest BCUT2D eigenvalue weighted by Crippen LogP contribution is -2.03. The van der Waals surface area contributed by atoms with Crippen LogP contribution in [0, 0.1) is 11.6 Å². The van der Waals surface area contributed by atoms with Crippen LogP contribution in [0.2, 0.25) is 0 Å². The van der Waals surface area contributed by atoms with Crippen molar-refractivity contribution in [3.05, 3.63) is 84.6 Å². The molecule has 0 radical (unpaired) electrons. The van der Waals surface area contributed by atoms with Gasteiger partial charge in [0.2, 0.25) is 5.82 Å². The number of benzene rings is 2. The van der Waals surface area contributed by atoms with Crippen LogP contribution in [-0.4, -0.2) is 30.1 Å². The molecule has 5 rings (SSSR count). The lowest BCUT2D eigenvalue weighted by atomic mass is 10.2. The summed E-state index contributed by atoms with van der Waals surface area (Å²) in [6.45, 7) is 0. The van der Waals surface area contributed by atoms with Crippen LogP contribution >= 0.6 is 0 Å². The third-order valence-corrected chi connectivity index (χ3v) is 4.40. The van der Waals surface area contributed by atoms with Gasteiger partial charge in [-0.25, -0.2) is 13.5 Å². The number of rotatable bonds is 4. The normalized spacial score (nSPS) is 11.0. The van der Waals surface area contributed by atoms with Crippen molar-refractivity contribution in [2.75, 3.05) is 0 Å². The average molecular weight is 402 g/mol. The number of aromatic nitrogens is 6. The van der Waals surface area contributed by atoms with E-state index in [1.807, 2.05) is 0 Å². The lowest BCUT2D eigenvalue weighted by Gasteiger charge is -2.07. The molecule has 0 saturated carbocycles. The first-order valence-corrected chi connectivity index (χ1v) is 8.93. The molecule has 0 amide bonds. The Morgan fingerprint density at radius 2 is 1.60 bits per heavy atom. The van der Waals surface area contributed by atoms with Crippen molar-refractivity contribution in [1.29, 1.82) is 0 Å². The van der Waals surface area contributed by atoms with E-state index in [2.05, 4.69) is 25.4 Å². The molecule has 0 N–H and O–H groups in total. The number of pyridine rings is 1. The zero-order valence-electron chi connectivity index (χ0n) is 15.3. The topological polar surface area (TPSA) is 82.5 Å². The molecule has 0 aliphatic carbocycles. The van der Waals surface area contributed by atoms with Crippen LogP contribution in [0.4, 0.5) is 8.78 Å². The molecule has 0 saturated heterocycles. The summed E-state index contributed by atoms with van der Waals surface area (Å²) in [6, 6.07) is 17.5. The standard InChI is InChI=1S/C21H12F2N6O/c22-14-8-2-1-7-13(14)20-25-21(30-27-20)18-19(16-10-5-6-12-24-16)29(28-26-18)17-11-4-3-9-15(17)23/h1-12H. The summed E-state index contributed by atoms with van der Waals surface area (Å²) >= 11 is 0. The van der Waals surface area contributed by atoms with Gasteiger partial charge in [0.25, 0.3) is 5.89 Å². The minimum atomic E-state index is -0.483. The second kappa shape index (κ2) is 7.28. The molecule has 2 aromatic carbocycles. The molecule has 30 heavy (non-hydrogen) atoms. The molecule has 0 atom stereocenters. The van der Waals surface area contributed by atoms with Crippen LogP contribution in [0.3, 0.4) is 0 Å². The van der Waals surface area contributed by atoms with E-state index in [0.717, 1.165) is 0 Å². The summed E-state index contributed by atoms with van der Waals surface area (Å²) in [6.07, 6.45) is 1.59. The molecule has 3 aromatic heterocycles. The smallest absolute Gasteiger partial charge is 0.281 e. The number of para-hydroxylation sites is 1. The highest BCUT2D eigenvalue weighted by Crippen LogP contribution is 2.32. The van der Waals surface area contributed by atoms with Crippen molar-refractivity contribution in [3.63, 3.8) is 0 Å². The van der Waals surface area contributed by atoms with Crippen LogP contribution in [0.1, 0.15) is 0 Å². The number of halogens is 2. The lowest BCUT2D eigenvalue weighted by molar-refractivity contribution is 0.430. The van der Waals surface area contributed by atoms with E-state index in [1.54, 1.807) is 60.8 Å². The van der Waals surface area contributed by atoms with Crippen LogP contribution in [0.25, 0.3) is 40.0 Å². The first-order chi connectivity index (χ1) is 14.7. The van der Waals surface area contributed by atoms with Crippen LogP contribution in [-0.2, 0) is 0 Å². The first-order valence-electron chi connectivity index (χ1n) is 8.93. The van der Waals surface area contributed by atoms with E-state index in [4.69, 9.17) is 4.52 Å². The maximum absolute atomic E-state index is 14.5. The van der Waals surface area contributed by atoms with Crippen molar-refractivity contribution in [1.82, 2.24) is 30.1 Å². The Morgan fingerprint density at radius 1 is 0.833 bits per heavy atom. The van der Waals surface area contributed by atoms with Gasteiger partial charge in [-0.3, -0.25) is 4.98 Å². The van der Waals surface area contributed by atoms with Crippen molar-refractivity contribution < 1.29 is 13.3 Å². The summed E-state index contributed by atoms with van der Waals surface area (Å²) < 4.78 is 35.2. The van der Waals surface area contributed by atoms with Gasteiger partial charge in [0, 0.05) is 6.20 Å². The molecule has 5 aromatic rings. The molecule has 0 spiro atoms. The quantitative estimate of drug-likeness (QED) is 0.445. The molecule has 7 nitrogen and oxygen atoms in total. The zero-order valence-corrected chi connectivity index (χ0v) is 15.3. The molecular formula is C21H12F2N6O. The molecule has 0 bridgehead atoms. The first kappa shape index (κ1) is 17.8. The molecular weight excluding hydrogens is 390 g/mol. The van der Waals surface area contributed by atoms with Crippen molar-refractivity contribution >= 4 is 0 Å². The Labute approximate surface area is 168 Å². The Hall–Kier alpha value is -4.27. The molecule has 0 aliphatic rings. The zero-order chi connectivity index (χ0) is 20.5. The monoisotopic (exact) mass is 402 g/mol. The Balaban J connectivity index is 1.69. The third kappa shape index (κ3) is 3.02.